The summed E-state index contributed by atoms with van der Waals surface area (Å²) in [6.45, 7) is 0.894. The van der Waals surface area contributed by atoms with Crippen LogP contribution in [0.4, 0.5) is 4.39 Å². The molecule has 4 rings (SSSR count). The van der Waals surface area contributed by atoms with Crippen LogP contribution >= 0.6 is 0 Å². The quantitative estimate of drug-likeness (QED) is 0.732. The second-order valence-electron chi connectivity index (χ2n) is 6.10. The lowest BCUT2D eigenvalue weighted by molar-refractivity contribution is -0.128. The molecule has 1 aliphatic heterocycles. The van der Waals surface area contributed by atoms with Gasteiger partial charge in [0.25, 0.3) is 0 Å². The van der Waals surface area contributed by atoms with Crippen LogP contribution in [0.3, 0.4) is 0 Å². The number of hydrogen-bond donors (Lipinski definition) is 0. The minimum Gasteiger partial charge on any atom is -0.419 e. The van der Waals surface area contributed by atoms with Crippen LogP contribution in [0.5, 0.6) is 0 Å². The van der Waals surface area contributed by atoms with E-state index in [1.165, 1.54) is 12.1 Å². The summed E-state index contributed by atoms with van der Waals surface area (Å²) < 4.78 is 18.9. The third-order valence-electron chi connectivity index (χ3n) is 4.35. The van der Waals surface area contributed by atoms with Gasteiger partial charge in [-0.1, -0.05) is 36.4 Å². The zero-order valence-corrected chi connectivity index (χ0v) is 13.4. The molecule has 0 spiro atoms. The summed E-state index contributed by atoms with van der Waals surface area (Å²) in [5.74, 6) is 0.485. The second kappa shape index (κ2) is 6.47. The van der Waals surface area contributed by atoms with E-state index in [1.54, 1.807) is 17.0 Å². The number of likely N-dealkylation sites (tertiary alicyclic amines) is 1. The number of hydrogen-bond acceptors (Lipinski definition) is 4. The maximum Gasteiger partial charge on any atom is 0.247 e. The lowest BCUT2D eigenvalue weighted by Gasteiger charge is -2.14. The highest BCUT2D eigenvalue weighted by Gasteiger charge is 2.31. The van der Waals surface area contributed by atoms with E-state index in [4.69, 9.17) is 4.42 Å². The maximum atomic E-state index is 13.3. The molecule has 1 amide bonds. The Morgan fingerprint density at radius 2 is 1.96 bits per heavy atom. The summed E-state index contributed by atoms with van der Waals surface area (Å²) in [5, 5.41) is 7.94. The predicted molar refractivity (Wildman–Crippen MR) is 88.9 cm³/mol. The molecule has 2 heterocycles. The Bertz CT molecular complexity index is 894. The maximum absolute atomic E-state index is 13.3. The van der Waals surface area contributed by atoms with Crippen molar-refractivity contribution in [1.82, 2.24) is 15.1 Å². The van der Waals surface area contributed by atoms with Crippen LogP contribution < -0.4 is 0 Å². The fraction of sp³-hybridized carbons (Fsp3) is 0.211. The van der Waals surface area contributed by atoms with Gasteiger partial charge >= 0.3 is 0 Å². The molecule has 5 nitrogen and oxygen atoms in total. The van der Waals surface area contributed by atoms with Gasteiger partial charge in [0.05, 0.1) is 6.54 Å². The number of nitrogens with zero attached hydrogens (tertiary/aromatic N) is 3. The SMILES string of the molecule is O=C1CC(c2ccccc2)CN1Cc1nnc(-c2cccc(F)c2)o1. The number of carbonyl (C=O) groups is 1. The Labute approximate surface area is 144 Å². The summed E-state index contributed by atoms with van der Waals surface area (Å²) in [4.78, 5) is 14.0. The van der Waals surface area contributed by atoms with Gasteiger partial charge in [-0.3, -0.25) is 4.79 Å². The van der Waals surface area contributed by atoms with Crippen molar-refractivity contribution in [2.45, 2.75) is 18.9 Å². The summed E-state index contributed by atoms with van der Waals surface area (Å²) in [7, 11) is 0. The zero-order valence-electron chi connectivity index (χ0n) is 13.4. The molecule has 0 bridgehead atoms. The van der Waals surface area contributed by atoms with Gasteiger partial charge in [-0.15, -0.1) is 10.2 Å². The van der Waals surface area contributed by atoms with E-state index < -0.39 is 0 Å². The molecule has 25 heavy (non-hydrogen) atoms. The zero-order chi connectivity index (χ0) is 17.2. The van der Waals surface area contributed by atoms with Crippen LogP contribution in [0.25, 0.3) is 11.5 Å². The molecule has 2 aromatic carbocycles. The van der Waals surface area contributed by atoms with Gasteiger partial charge in [0.15, 0.2) is 0 Å². The van der Waals surface area contributed by atoms with Crippen LogP contribution in [0.2, 0.25) is 0 Å². The number of rotatable bonds is 4. The highest BCUT2D eigenvalue weighted by molar-refractivity contribution is 5.79. The van der Waals surface area contributed by atoms with E-state index in [9.17, 15) is 9.18 Å². The molecular weight excluding hydrogens is 321 g/mol. The number of halogens is 1. The van der Waals surface area contributed by atoms with Crippen LogP contribution in [0, 0.1) is 5.82 Å². The van der Waals surface area contributed by atoms with Crippen molar-refractivity contribution in [1.29, 1.82) is 0 Å². The fourth-order valence-electron chi connectivity index (χ4n) is 3.09. The summed E-state index contributed by atoms with van der Waals surface area (Å²) in [6, 6.07) is 16.0. The Balaban J connectivity index is 1.47. The average Bonchev–Trinajstić information content (AvgIpc) is 3.24. The van der Waals surface area contributed by atoms with E-state index in [1.807, 2.05) is 30.3 Å². The highest BCUT2D eigenvalue weighted by atomic mass is 19.1. The first-order chi connectivity index (χ1) is 12.2. The van der Waals surface area contributed by atoms with Crippen LogP contribution in [0.15, 0.2) is 59.0 Å². The Kier molecular flexibility index (Phi) is 4.01. The molecule has 1 fully saturated rings. The standard InChI is InChI=1S/C19H16FN3O2/c20-16-8-4-7-14(9-16)19-22-21-17(25-19)12-23-11-15(10-18(23)24)13-5-2-1-3-6-13/h1-9,15H,10-12H2. The third-order valence-corrected chi connectivity index (χ3v) is 4.35. The van der Waals surface area contributed by atoms with Gasteiger partial charge in [0.2, 0.25) is 17.7 Å². The van der Waals surface area contributed by atoms with Crippen LogP contribution in [-0.2, 0) is 11.3 Å². The minimum absolute atomic E-state index is 0.0689. The van der Waals surface area contributed by atoms with Crippen LogP contribution in [0.1, 0.15) is 23.8 Å². The molecule has 1 unspecified atom stereocenters. The fourth-order valence-corrected chi connectivity index (χ4v) is 3.09. The van der Waals surface area contributed by atoms with Crippen molar-refractivity contribution in [3.8, 4) is 11.5 Å². The Morgan fingerprint density at radius 3 is 2.76 bits per heavy atom. The molecule has 0 aliphatic carbocycles. The molecule has 126 valence electrons. The summed E-state index contributed by atoms with van der Waals surface area (Å²) in [5.41, 5.74) is 1.68. The molecule has 0 saturated carbocycles. The molecule has 1 aromatic heterocycles. The van der Waals surface area contributed by atoms with Crippen molar-refractivity contribution in [2.75, 3.05) is 6.54 Å². The first-order valence-corrected chi connectivity index (χ1v) is 8.10. The first-order valence-electron chi connectivity index (χ1n) is 8.10. The van der Waals surface area contributed by atoms with Crippen molar-refractivity contribution in [3.63, 3.8) is 0 Å². The van der Waals surface area contributed by atoms with Crippen molar-refractivity contribution >= 4 is 5.91 Å². The number of aromatic nitrogens is 2. The first kappa shape index (κ1) is 15.5. The lowest BCUT2D eigenvalue weighted by Crippen LogP contribution is -2.24. The number of benzene rings is 2. The highest BCUT2D eigenvalue weighted by Crippen LogP contribution is 2.29. The lowest BCUT2D eigenvalue weighted by atomic mass is 9.99. The van der Waals surface area contributed by atoms with E-state index in [0.717, 1.165) is 5.56 Å². The smallest absolute Gasteiger partial charge is 0.247 e. The Hall–Kier alpha value is -3.02. The summed E-state index contributed by atoms with van der Waals surface area (Å²) >= 11 is 0. The molecule has 6 heteroatoms. The van der Waals surface area contributed by atoms with Gasteiger partial charge in [-0.25, -0.2) is 4.39 Å². The van der Waals surface area contributed by atoms with E-state index in [2.05, 4.69) is 10.2 Å². The largest absolute Gasteiger partial charge is 0.419 e. The molecular formula is C19H16FN3O2. The van der Waals surface area contributed by atoms with E-state index >= 15 is 0 Å². The van der Waals surface area contributed by atoms with E-state index in [-0.39, 0.29) is 30.1 Å². The van der Waals surface area contributed by atoms with Gasteiger partial charge in [0, 0.05) is 24.4 Å². The predicted octanol–water partition coefficient (Wildman–Crippen LogP) is 3.39. The topological polar surface area (TPSA) is 59.2 Å². The average molecular weight is 337 g/mol. The van der Waals surface area contributed by atoms with Crippen molar-refractivity contribution in [3.05, 3.63) is 71.9 Å². The van der Waals surface area contributed by atoms with E-state index in [0.29, 0.717) is 24.4 Å². The van der Waals surface area contributed by atoms with Crippen LogP contribution in [-0.4, -0.2) is 27.5 Å². The monoisotopic (exact) mass is 337 g/mol. The molecule has 0 radical (unpaired) electrons. The number of carbonyl (C=O) groups excluding carboxylic acids is 1. The van der Waals surface area contributed by atoms with Gasteiger partial charge < -0.3 is 9.32 Å². The molecule has 3 aromatic rings. The van der Waals surface area contributed by atoms with Gasteiger partial charge in [0.1, 0.15) is 5.82 Å². The summed E-state index contributed by atoms with van der Waals surface area (Å²) in [6.07, 6.45) is 0.481. The van der Waals surface area contributed by atoms with Gasteiger partial charge in [-0.05, 0) is 23.8 Å². The number of amides is 1. The van der Waals surface area contributed by atoms with Crippen molar-refractivity contribution < 1.29 is 13.6 Å². The normalized spacial score (nSPS) is 17.2. The molecule has 1 saturated heterocycles. The molecule has 0 N–H and O–H groups in total. The second-order valence-corrected chi connectivity index (χ2v) is 6.10. The molecule has 1 aliphatic rings. The Morgan fingerprint density at radius 1 is 1.12 bits per heavy atom. The third kappa shape index (κ3) is 3.28. The minimum atomic E-state index is -0.363. The van der Waals surface area contributed by atoms with Crippen molar-refractivity contribution in [2.24, 2.45) is 0 Å². The molecule has 1 atom stereocenters. The van der Waals surface area contributed by atoms with Gasteiger partial charge in [-0.2, -0.15) is 0 Å².